The fourth-order valence-corrected chi connectivity index (χ4v) is 4.62. The fourth-order valence-electron chi connectivity index (χ4n) is 2.86. The van der Waals surface area contributed by atoms with Crippen LogP contribution in [-0.2, 0) is 19.4 Å². The molecule has 1 saturated carbocycles. The SMILES string of the molecule is CCOC(=O)[C@@]1(C#N)[C@H](c2ccc(OC)cc2)[C@@H]1S(C)(=O)=O. The first-order valence-electron chi connectivity index (χ1n) is 6.74. The van der Waals surface area contributed by atoms with Crippen molar-refractivity contribution >= 4 is 15.8 Å². The number of carbonyl (C=O) groups is 1. The molecule has 0 aromatic heterocycles. The summed E-state index contributed by atoms with van der Waals surface area (Å²) in [7, 11) is -2.06. The second-order valence-corrected chi connectivity index (χ2v) is 7.37. The molecule has 0 aliphatic heterocycles. The minimum atomic E-state index is -3.58. The van der Waals surface area contributed by atoms with Crippen molar-refractivity contribution in [3.8, 4) is 11.8 Å². The van der Waals surface area contributed by atoms with Gasteiger partial charge in [0.05, 0.1) is 19.8 Å². The van der Waals surface area contributed by atoms with Gasteiger partial charge in [-0.1, -0.05) is 12.1 Å². The third-order valence-electron chi connectivity index (χ3n) is 3.87. The molecular formula is C15H17NO5S. The van der Waals surface area contributed by atoms with Crippen molar-refractivity contribution in [2.45, 2.75) is 18.1 Å². The van der Waals surface area contributed by atoms with E-state index in [2.05, 4.69) is 0 Å². The van der Waals surface area contributed by atoms with Crippen LogP contribution in [0.4, 0.5) is 0 Å². The lowest BCUT2D eigenvalue weighted by Gasteiger charge is -2.08. The van der Waals surface area contributed by atoms with E-state index in [1.54, 1.807) is 31.2 Å². The third kappa shape index (κ3) is 2.44. The molecule has 0 N–H and O–H groups in total. The molecular weight excluding hydrogens is 306 g/mol. The highest BCUT2D eigenvalue weighted by molar-refractivity contribution is 7.91. The molecule has 0 bridgehead atoms. The van der Waals surface area contributed by atoms with E-state index in [1.807, 2.05) is 6.07 Å². The highest BCUT2D eigenvalue weighted by Crippen LogP contribution is 2.63. The molecule has 1 aliphatic rings. The highest BCUT2D eigenvalue weighted by atomic mass is 32.2. The maximum Gasteiger partial charge on any atom is 0.328 e. The summed E-state index contributed by atoms with van der Waals surface area (Å²) in [6.07, 6.45) is 1.03. The van der Waals surface area contributed by atoms with Crippen LogP contribution in [0.2, 0.25) is 0 Å². The van der Waals surface area contributed by atoms with Gasteiger partial charge in [0.1, 0.15) is 11.0 Å². The maximum atomic E-state index is 12.2. The van der Waals surface area contributed by atoms with Crippen molar-refractivity contribution in [3.05, 3.63) is 29.8 Å². The Morgan fingerprint density at radius 1 is 1.36 bits per heavy atom. The van der Waals surface area contributed by atoms with Crippen LogP contribution in [0.5, 0.6) is 5.75 Å². The quantitative estimate of drug-likeness (QED) is 0.758. The average molecular weight is 323 g/mol. The van der Waals surface area contributed by atoms with E-state index < -0.39 is 32.4 Å². The Hall–Kier alpha value is -2.07. The second kappa shape index (κ2) is 5.61. The third-order valence-corrected chi connectivity index (χ3v) is 5.43. The summed E-state index contributed by atoms with van der Waals surface area (Å²) in [5, 5.41) is 8.39. The van der Waals surface area contributed by atoms with Crippen molar-refractivity contribution < 1.29 is 22.7 Å². The summed E-state index contributed by atoms with van der Waals surface area (Å²) < 4.78 is 34.0. The molecule has 6 nitrogen and oxygen atoms in total. The first kappa shape index (κ1) is 16.3. The van der Waals surface area contributed by atoms with Gasteiger partial charge in [0, 0.05) is 12.2 Å². The number of nitriles is 1. The van der Waals surface area contributed by atoms with E-state index in [0.29, 0.717) is 11.3 Å². The molecule has 0 saturated heterocycles. The molecule has 22 heavy (non-hydrogen) atoms. The Balaban J connectivity index is 2.47. The number of nitrogens with zero attached hydrogens (tertiary/aromatic N) is 1. The molecule has 3 atom stereocenters. The van der Waals surface area contributed by atoms with Gasteiger partial charge in [-0.05, 0) is 24.6 Å². The molecule has 0 amide bonds. The van der Waals surface area contributed by atoms with Crippen molar-refractivity contribution in [1.29, 1.82) is 5.26 Å². The average Bonchev–Trinajstić information content (AvgIpc) is 3.18. The topological polar surface area (TPSA) is 93.5 Å². The van der Waals surface area contributed by atoms with Crippen LogP contribution in [0.3, 0.4) is 0 Å². The summed E-state index contributed by atoms with van der Waals surface area (Å²) >= 11 is 0. The number of sulfone groups is 1. The van der Waals surface area contributed by atoms with Gasteiger partial charge in [-0.25, -0.2) is 8.42 Å². The molecule has 7 heteroatoms. The lowest BCUT2D eigenvalue weighted by Crippen LogP contribution is -2.24. The Morgan fingerprint density at radius 2 is 1.95 bits per heavy atom. The lowest BCUT2D eigenvalue weighted by molar-refractivity contribution is -0.147. The molecule has 1 aliphatic carbocycles. The summed E-state index contributed by atoms with van der Waals surface area (Å²) in [5.41, 5.74) is -1.07. The number of rotatable bonds is 5. The van der Waals surface area contributed by atoms with Gasteiger partial charge in [-0.3, -0.25) is 4.79 Å². The number of benzene rings is 1. The van der Waals surface area contributed by atoms with Crippen molar-refractivity contribution in [1.82, 2.24) is 0 Å². The van der Waals surface area contributed by atoms with Gasteiger partial charge in [-0.15, -0.1) is 0 Å². The molecule has 1 aromatic carbocycles. The number of ether oxygens (including phenoxy) is 2. The number of methoxy groups -OCH3 is 1. The predicted octanol–water partition coefficient (Wildman–Crippen LogP) is 1.28. The number of hydrogen-bond donors (Lipinski definition) is 0. The number of hydrogen-bond acceptors (Lipinski definition) is 6. The van der Waals surface area contributed by atoms with Crippen molar-refractivity contribution in [2.24, 2.45) is 5.41 Å². The largest absolute Gasteiger partial charge is 0.497 e. The van der Waals surface area contributed by atoms with E-state index in [-0.39, 0.29) is 6.61 Å². The predicted molar refractivity (Wildman–Crippen MR) is 79.0 cm³/mol. The molecule has 1 fully saturated rings. The number of carbonyl (C=O) groups excluding carboxylic acids is 1. The van der Waals surface area contributed by atoms with Crippen molar-refractivity contribution in [2.75, 3.05) is 20.0 Å². The Bertz CT molecular complexity index is 719. The molecule has 0 spiro atoms. The zero-order valence-electron chi connectivity index (χ0n) is 12.6. The second-order valence-electron chi connectivity index (χ2n) is 5.20. The molecule has 0 radical (unpaired) electrons. The molecule has 1 aromatic rings. The van der Waals surface area contributed by atoms with Crippen LogP contribution in [0.25, 0.3) is 0 Å². The van der Waals surface area contributed by atoms with E-state index in [0.717, 1.165) is 6.26 Å². The normalized spacial score (nSPS) is 26.8. The Morgan fingerprint density at radius 3 is 2.36 bits per heavy atom. The summed E-state index contributed by atoms with van der Waals surface area (Å²) in [6.45, 7) is 1.71. The summed E-state index contributed by atoms with van der Waals surface area (Å²) in [5.74, 6) is -0.898. The van der Waals surface area contributed by atoms with Gasteiger partial charge in [0.15, 0.2) is 15.3 Å². The standard InChI is InChI=1S/C15H17NO5S/c1-4-21-14(17)15(9-16)12(13(15)22(3,18)19)10-5-7-11(20-2)8-6-10/h5-8,12-13H,4H2,1-3H3/t12-,13+,15+/m1/s1. The van der Waals surface area contributed by atoms with Gasteiger partial charge in [0.25, 0.3) is 0 Å². The van der Waals surface area contributed by atoms with E-state index in [4.69, 9.17) is 9.47 Å². The first-order chi connectivity index (χ1) is 10.3. The Kier molecular flexibility index (Phi) is 4.16. The zero-order chi connectivity index (χ0) is 16.5. The monoisotopic (exact) mass is 323 g/mol. The van der Waals surface area contributed by atoms with Crippen molar-refractivity contribution in [3.63, 3.8) is 0 Å². The van der Waals surface area contributed by atoms with E-state index in [1.165, 1.54) is 7.11 Å². The molecule has 118 valence electrons. The molecule has 0 unspecified atom stereocenters. The minimum absolute atomic E-state index is 0.0913. The van der Waals surface area contributed by atoms with Crippen LogP contribution < -0.4 is 4.74 Å². The van der Waals surface area contributed by atoms with Crippen LogP contribution in [0.15, 0.2) is 24.3 Å². The zero-order valence-corrected chi connectivity index (χ0v) is 13.4. The van der Waals surface area contributed by atoms with Gasteiger partial charge in [0.2, 0.25) is 0 Å². The Labute approximate surface area is 129 Å². The summed E-state index contributed by atoms with van der Waals surface area (Å²) in [6, 6.07) is 8.55. The van der Waals surface area contributed by atoms with Gasteiger partial charge >= 0.3 is 5.97 Å². The lowest BCUT2D eigenvalue weighted by atomic mass is 10.0. The van der Waals surface area contributed by atoms with Gasteiger partial charge in [-0.2, -0.15) is 5.26 Å². The highest BCUT2D eigenvalue weighted by Gasteiger charge is 2.76. The van der Waals surface area contributed by atoms with Crippen LogP contribution in [-0.4, -0.2) is 39.6 Å². The van der Waals surface area contributed by atoms with E-state index in [9.17, 15) is 18.5 Å². The molecule has 0 heterocycles. The first-order valence-corrected chi connectivity index (χ1v) is 8.69. The number of esters is 1. The van der Waals surface area contributed by atoms with Crippen LogP contribution in [0.1, 0.15) is 18.4 Å². The minimum Gasteiger partial charge on any atom is -0.497 e. The maximum absolute atomic E-state index is 12.2. The van der Waals surface area contributed by atoms with Gasteiger partial charge < -0.3 is 9.47 Å². The smallest absolute Gasteiger partial charge is 0.328 e. The van der Waals surface area contributed by atoms with Crippen LogP contribution >= 0.6 is 0 Å². The molecule has 2 rings (SSSR count). The van der Waals surface area contributed by atoms with E-state index >= 15 is 0 Å². The fraction of sp³-hybridized carbons (Fsp3) is 0.467. The van der Waals surface area contributed by atoms with Crippen LogP contribution in [0, 0.1) is 16.7 Å². The summed E-state index contributed by atoms with van der Waals surface area (Å²) in [4.78, 5) is 12.2.